The fourth-order valence-corrected chi connectivity index (χ4v) is 4.04. The van der Waals surface area contributed by atoms with Gasteiger partial charge in [-0.1, -0.05) is 48.5 Å². The number of amides is 2. The number of piperidine rings is 1. The van der Waals surface area contributed by atoms with Gasteiger partial charge in [-0.2, -0.15) is 0 Å². The average molecular weight is 404 g/mol. The van der Waals surface area contributed by atoms with Crippen LogP contribution in [0, 0.1) is 18.7 Å². The van der Waals surface area contributed by atoms with E-state index in [2.05, 4.69) is 5.32 Å². The van der Waals surface area contributed by atoms with Crippen LogP contribution >= 0.6 is 0 Å². The van der Waals surface area contributed by atoms with E-state index in [9.17, 15) is 14.0 Å². The number of fused-ring (bicyclic) bond motifs is 1. The molecule has 1 atom stereocenters. The Kier molecular flexibility index (Phi) is 5.79. The van der Waals surface area contributed by atoms with Crippen molar-refractivity contribution in [1.29, 1.82) is 0 Å². The first-order valence-corrected chi connectivity index (χ1v) is 10.3. The molecule has 1 unspecified atom stereocenters. The van der Waals surface area contributed by atoms with Crippen LogP contribution in [-0.4, -0.2) is 29.8 Å². The number of nitrogens with one attached hydrogen (secondary N) is 1. The number of carbonyl (C=O) groups excluding carboxylic acids is 2. The van der Waals surface area contributed by atoms with Gasteiger partial charge in [0.1, 0.15) is 5.82 Å². The summed E-state index contributed by atoms with van der Waals surface area (Å²) in [6, 6.07) is 18.5. The highest BCUT2D eigenvalue weighted by atomic mass is 19.1. The van der Waals surface area contributed by atoms with E-state index >= 15 is 0 Å². The largest absolute Gasteiger partial charge is 0.352 e. The minimum Gasteiger partial charge on any atom is -0.352 e. The van der Waals surface area contributed by atoms with Gasteiger partial charge in [0.25, 0.3) is 5.91 Å². The predicted octanol–water partition coefficient (Wildman–Crippen LogP) is 4.46. The molecular weight excluding hydrogens is 379 g/mol. The fraction of sp³-hybridized carbons (Fsp3) is 0.280. The summed E-state index contributed by atoms with van der Waals surface area (Å²) in [5, 5.41) is 4.86. The van der Waals surface area contributed by atoms with Crippen LogP contribution in [0.5, 0.6) is 0 Å². The van der Waals surface area contributed by atoms with Gasteiger partial charge in [-0.15, -0.1) is 0 Å². The van der Waals surface area contributed by atoms with Crippen molar-refractivity contribution in [3.05, 3.63) is 83.2 Å². The molecule has 154 valence electrons. The molecule has 1 aliphatic rings. The maximum absolute atomic E-state index is 13.7. The van der Waals surface area contributed by atoms with Crippen LogP contribution in [0.1, 0.15) is 34.3 Å². The van der Waals surface area contributed by atoms with E-state index in [1.807, 2.05) is 48.5 Å². The van der Waals surface area contributed by atoms with Gasteiger partial charge in [0, 0.05) is 25.2 Å². The van der Waals surface area contributed by atoms with Crippen molar-refractivity contribution >= 4 is 22.6 Å². The van der Waals surface area contributed by atoms with Gasteiger partial charge >= 0.3 is 0 Å². The van der Waals surface area contributed by atoms with Crippen LogP contribution in [0.2, 0.25) is 0 Å². The molecule has 3 aromatic rings. The standard InChI is InChI=1S/C25H25FN2O2/c1-17-11-12-18(14-23(17)26)15-27-24(29)20-8-5-13-28(16-20)25(30)22-10-4-7-19-6-2-3-9-21(19)22/h2-4,6-7,9-12,14,20H,5,8,13,15-16H2,1H3,(H,27,29). The van der Waals surface area contributed by atoms with Gasteiger partial charge in [-0.3, -0.25) is 9.59 Å². The Morgan fingerprint density at radius 3 is 2.73 bits per heavy atom. The highest BCUT2D eigenvalue weighted by Gasteiger charge is 2.29. The Balaban J connectivity index is 1.42. The van der Waals surface area contributed by atoms with Crippen LogP contribution in [0.25, 0.3) is 10.8 Å². The van der Waals surface area contributed by atoms with Gasteiger partial charge < -0.3 is 10.2 Å². The summed E-state index contributed by atoms with van der Waals surface area (Å²) in [5.41, 5.74) is 1.98. The van der Waals surface area contributed by atoms with Crippen molar-refractivity contribution in [3.63, 3.8) is 0 Å². The molecule has 4 rings (SSSR count). The summed E-state index contributed by atoms with van der Waals surface area (Å²) < 4.78 is 13.7. The summed E-state index contributed by atoms with van der Waals surface area (Å²) in [7, 11) is 0. The second kappa shape index (κ2) is 8.66. The van der Waals surface area contributed by atoms with Crippen molar-refractivity contribution in [3.8, 4) is 0 Å². The molecular formula is C25H25FN2O2. The Hall–Kier alpha value is -3.21. The number of likely N-dealkylation sites (tertiary alicyclic amines) is 1. The first kappa shape index (κ1) is 20.1. The van der Waals surface area contributed by atoms with Crippen molar-refractivity contribution in [1.82, 2.24) is 10.2 Å². The number of benzene rings is 3. The monoisotopic (exact) mass is 404 g/mol. The zero-order valence-electron chi connectivity index (χ0n) is 17.0. The highest BCUT2D eigenvalue weighted by Crippen LogP contribution is 2.24. The molecule has 1 aliphatic heterocycles. The third kappa shape index (κ3) is 4.20. The van der Waals surface area contributed by atoms with E-state index in [-0.39, 0.29) is 30.1 Å². The van der Waals surface area contributed by atoms with Crippen LogP contribution in [0.4, 0.5) is 4.39 Å². The number of nitrogens with zero attached hydrogens (tertiary/aromatic N) is 1. The SMILES string of the molecule is Cc1ccc(CNC(=O)C2CCCN(C(=O)c3cccc4ccccc34)C2)cc1F. The quantitative estimate of drug-likeness (QED) is 0.698. The molecule has 2 amide bonds. The molecule has 1 fully saturated rings. The molecule has 0 aliphatic carbocycles. The molecule has 30 heavy (non-hydrogen) atoms. The first-order valence-electron chi connectivity index (χ1n) is 10.3. The van der Waals surface area contributed by atoms with Gasteiger partial charge in [-0.25, -0.2) is 4.39 Å². The smallest absolute Gasteiger partial charge is 0.254 e. The predicted molar refractivity (Wildman–Crippen MR) is 116 cm³/mol. The van der Waals surface area contributed by atoms with Crippen molar-refractivity contribution in [2.24, 2.45) is 5.92 Å². The van der Waals surface area contributed by atoms with Crippen molar-refractivity contribution < 1.29 is 14.0 Å². The molecule has 0 saturated carbocycles. The summed E-state index contributed by atoms with van der Waals surface area (Å²) in [6.45, 7) is 3.04. The van der Waals surface area contributed by atoms with Gasteiger partial charge in [0.15, 0.2) is 0 Å². The fourth-order valence-electron chi connectivity index (χ4n) is 4.04. The lowest BCUT2D eigenvalue weighted by atomic mass is 9.95. The second-order valence-electron chi connectivity index (χ2n) is 7.92. The molecule has 5 heteroatoms. The van der Waals surface area contributed by atoms with Crippen molar-refractivity contribution in [2.75, 3.05) is 13.1 Å². The molecule has 1 heterocycles. The Labute approximate surface area is 175 Å². The lowest BCUT2D eigenvalue weighted by molar-refractivity contribution is -0.126. The highest BCUT2D eigenvalue weighted by molar-refractivity contribution is 6.07. The van der Waals surface area contributed by atoms with Gasteiger partial charge in [0.2, 0.25) is 5.91 Å². The summed E-state index contributed by atoms with van der Waals surface area (Å²) in [5.74, 6) is -0.657. The molecule has 1 N–H and O–H groups in total. The molecule has 0 radical (unpaired) electrons. The first-order chi connectivity index (χ1) is 14.5. The molecule has 4 nitrogen and oxygen atoms in total. The maximum Gasteiger partial charge on any atom is 0.254 e. The third-order valence-electron chi connectivity index (χ3n) is 5.80. The number of carbonyl (C=O) groups is 2. The van der Waals surface area contributed by atoms with E-state index in [0.29, 0.717) is 24.2 Å². The normalized spacial score (nSPS) is 16.5. The Morgan fingerprint density at radius 1 is 1.10 bits per heavy atom. The third-order valence-corrected chi connectivity index (χ3v) is 5.80. The molecule has 3 aromatic carbocycles. The zero-order chi connectivity index (χ0) is 21.1. The van der Waals surface area contributed by atoms with Crippen molar-refractivity contribution in [2.45, 2.75) is 26.3 Å². The lowest BCUT2D eigenvalue weighted by Crippen LogP contribution is -2.45. The number of hydrogen-bond acceptors (Lipinski definition) is 2. The van der Waals surface area contributed by atoms with Crippen LogP contribution < -0.4 is 5.32 Å². The van der Waals surface area contributed by atoms with Crippen LogP contribution in [0.15, 0.2) is 60.7 Å². The second-order valence-corrected chi connectivity index (χ2v) is 7.92. The van der Waals surface area contributed by atoms with Crippen LogP contribution in [0.3, 0.4) is 0 Å². The number of rotatable bonds is 4. The lowest BCUT2D eigenvalue weighted by Gasteiger charge is -2.32. The Bertz CT molecular complexity index is 1090. The van der Waals surface area contributed by atoms with E-state index in [0.717, 1.165) is 29.2 Å². The summed E-state index contributed by atoms with van der Waals surface area (Å²) in [4.78, 5) is 27.7. The zero-order valence-corrected chi connectivity index (χ0v) is 17.0. The van der Waals surface area contributed by atoms with E-state index in [1.165, 1.54) is 6.07 Å². The van der Waals surface area contributed by atoms with E-state index < -0.39 is 0 Å². The Morgan fingerprint density at radius 2 is 1.90 bits per heavy atom. The van der Waals surface area contributed by atoms with E-state index in [4.69, 9.17) is 0 Å². The number of hydrogen-bond donors (Lipinski definition) is 1. The molecule has 0 spiro atoms. The average Bonchev–Trinajstić information content (AvgIpc) is 2.79. The maximum atomic E-state index is 13.7. The molecule has 1 saturated heterocycles. The van der Waals surface area contributed by atoms with E-state index in [1.54, 1.807) is 17.9 Å². The van der Waals surface area contributed by atoms with Gasteiger partial charge in [0.05, 0.1) is 5.92 Å². The molecule has 0 bridgehead atoms. The minimum absolute atomic E-state index is 0.0371. The minimum atomic E-state index is -0.272. The number of aryl methyl sites for hydroxylation is 1. The summed E-state index contributed by atoms with van der Waals surface area (Å²) in [6.07, 6.45) is 1.53. The van der Waals surface area contributed by atoms with Gasteiger partial charge in [-0.05, 0) is 53.8 Å². The number of halogens is 1. The summed E-state index contributed by atoms with van der Waals surface area (Å²) >= 11 is 0. The molecule has 0 aromatic heterocycles. The van der Waals surface area contributed by atoms with Crippen LogP contribution in [-0.2, 0) is 11.3 Å². The topological polar surface area (TPSA) is 49.4 Å².